The maximum absolute atomic E-state index is 13.2. The van der Waals surface area contributed by atoms with E-state index in [0.29, 0.717) is 12.8 Å². The van der Waals surface area contributed by atoms with Crippen molar-refractivity contribution in [2.24, 2.45) is 22.7 Å². The highest BCUT2D eigenvalue weighted by molar-refractivity contribution is 9.10. The molecule has 3 saturated carbocycles. The maximum Gasteiger partial charge on any atom is 0.193 e. The zero-order valence-electron chi connectivity index (χ0n) is 18.5. The Labute approximate surface area is 191 Å². The molecule has 4 fully saturated rings. The Morgan fingerprint density at radius 2 is 1.97 bits per heavy atom. The first-order valence-corrected chi connectivity index (χ1v) is 12.0. The number of aliphatic hydroxyl groups is 2. The van der Waals surface area contributed by atoms with Gasteiger partial charge in [-0.15, -0.1) is 0 Å². The molecule has 0 radical (unpaired) electrons. The molecule has 0 spiro atoms. The molecule has 0 bridgehead atoms. The Balaban J connectivity index is 1.64. The number of rotatable bonds is 2. The molecule has 7 heteroatoms. The monoisotopic (exact) mass is 494 g/mol. The minimum atomic E-state index is -1.28. The first kappa shape index (κ1) is 22.0. The normalized spacial score (nSPS) is 52.1. The molecular weight excluding hydrogens is 464 g/mol. The summed E-state index contributed by atoms with van der Waals surface area (Å²) in [6, 6.07) is 0. The summed E-state index contributed by atoms with van der Waals surface area (Å²) >= 11 is 4.02. The van der Waals surface area contributed by atoms with E-state index in [1.807, 2.05) is 13.0 Å². The van der Waals surface area contributed by atoms with Gasteiger partial charge in [0.05, 0.1) is 16.5 Å². The van der Waals surface area contributed by atoms with Gasteiger partial charge in [-0.1, -0.05) is 41.4 Å². The molecule has 170 valence electrons. The zero-order chi connectivity index (χ0) is 22.6. The summed E-state index contributed by atoms with van der Waals surface area (Å²) in [4.78, 5) is 25.3. The van der Waals surface area contributed by atoms with Crippen LogP contribution in [0.2, 0.25) is 0 Å². The topological polar surface area (TPSA) is 93.1 Å². The fourth-order valence-corrected chi connectivity index (χ4v) is 9.02. The van der Waals surface area contributed by atoms with E-state index in [0.717, 1.165) is 18.4 Å². The van der Waals surface area contributed by atoms with Crippen molar-refractivity contribution in [3.63, 3.8) is 0 Å². The summed E-state index contributed by atoms with van der Waals surface area (Å²) in [5.41, 5.74) is -1.42. The van der Waals surface area contributed by atoms with E-state index < -0.39 is 45.4 Å². The average molecular weight is 495 g/mol. The molecule has 0 amide bonds. The number of fused-ring (bicyclic) bond motifs is 7. The number of Topliss-reactive ketones (excluding diaryl/α,β-unsaturated/α-hetero) is 1. The average Bonchev–Trinajstić information content (AvgIpc) is 3.09. The summed E-state index contributed by atoms with van der Waals surface area (Å²) in [7, 11) is 0. The number of carbonyl (C=O) groups is 2. The van der Waals surface area contributed by atoms with Gasteiger partial charge in [-0.3, -0.25) is 9.59 Å². The fourth-order valence-electron chi connectivity index (χ4n) is 7.93. The summed E-state index contributed by atoms with van der Waals surface area (Å²) in [5, 5.41) is 21.6. The molecule has 0 unspecified atom stereocenters. The Kier molecular flexibility index (Phi) is 4.52. The molecule has 1 aliphatic heterocycles. The van der Waals surface area contributed by atoms with Crippen molar-refractivity contribution >= 4 is 27.5 Å². The molecule has 5 aliphatic rings. The van der Waals surface area contributed by atoms with Gasteiger partial charge in [0, 0.05) is 10.8 Å². The van der Waals surface area contributed by atoms with Crippen LogP contribution in [-0.2, 0) is 19.1 Å². The Morgan fingerprint density at radius 3 is 2.65 bits per heavy atom. The second-order valence-corrected chi connectivity index (χ2v) is 12.2. The number of ether oxygens (including phenoxy) is 2. The van der Waals surface area contributed by atoms with Gasteiger partial charge in [-0.2, -0.15) is 0 Å². The van der Waals surface area contributed by atoms with Crippen molar-refractivity contribution in [1.82, 2.24) is 0 Å². The second-order valence-electron chi connectivity index (χ2n) is 10.9. The van der Waals surface area contributed by atoms with E-state index in [1.54, 1.807) is 26.0 Å². The Morgan fingerprint density at radius 1 is 1.26 bits per heavy atom. The van der Waals surface area contributed by atoms with Crippen molar-refractivity contribution in [2.75, 3.05) is 6.61 Å². The van der Waals surface area contributed by atoms with Crippen molar-refractivity contribution in [1.29, 1.82) is 0 Å². The lowest BCUT2D eigenvalue weighted by atomic mass is 9.46. The number of alkyl halides is 1. The maximum atomic E-state index is 13.2. The van der Waals surface area contributed by atoms with Crippen LogP contribution in [0.3, 0.4) is 0 Å². The van der Waals surface area contributed by atoms with Crippen LogP contribution in [0, 0.1) is 22.7 Å². The van der Waals surface area contributed by atoms with Crippen LogP contribution in [0.1, 0.15) is 53.4 Å². The Hall–Kier alpha value is -0.860. The molecule has 0 aromatic carbocycles. The van der Waals surface area contributed by atoms with E-state index in [9.17, 15) is 19.8 Å². The van der Waals surface area contributed by atoms with Gasteiger partial charge in [0.25, 0.3) is 0 Å². The highest BCUT2D eigenvalue weighted by atomic mass is 79.9. The zero-order valence-corrected chi connectivity index (χ0v) is 20.1. The number of aliphatic hydroxyl groups excluding tert-OH is 2. The van der Waals surface area contributed by atoms with Gasteiger partial charge in [0.1, 0.15) is 6.61 Å². The molecule has 31 heavy (non-hydrogen) atoms. The number of hydrogen-bond acceptors (Lipinski definition) is 6. The number of halogens is 1. The first-order valence-electron chi connectivity index (χ1n) is 11.2. The lowest BCUT2D eigenvalue weighted by Gasteiger charge is -2.64. The minimum absolute atomic E-state index is 0.0101. The lowest BCUT2D eigenvalue weighted by Crippen LogP contribution is -2.69. The van der Waals surface area contributed by atoms with Gasteiger partial charge >= 0.3 is 0 Å². The van der Waals surface area contributed by atoms with Crippen LogP contribution in [0.15, 0.2) is 23.8 Å². The molecule has 4 aliphatic carbocycles. The molecule has 8 atom stereocenters. The van der Waals surface area contributed by atoms with E-state index in [2.05, 4.69) is 22.9 Å². The first-order chi connectivity index (χ1) is 14.4. The number of allylic oxidation sites excluding steroid dienone is 4. The minimum Gasteiger partial charge on any atom is -0.392 e. The van der Waals surface area contributed by atoms with Crippen molar-refractivity contribution in [3.8, 4) is 0 Å². The van der Waals surface area contributed by atoms with Gasteiger partial charge in [0.2, 0.25) is 0 Å². The second kappa shape index (κ2) is 6.38. The predicted octanol–water partition coefficient (Wildman–Crippen LogP) is 2.84. The number of hydrogen-bond donors (Lipinski definition) is 2. The Bertz CT molecular complexity index is 925. The van der Waals surface area contributed by atoms with E-state index in [4.69, 9.17) is 9.47 Å². The van der Waals surface area contributed by atoms with Crippen LogP contribution in [-0.4, -0.2) is 56.3 Å². The summed E-state index contributed by atoms with van der Waals surface area (Å²) in [5.74, 6) is -1.21. The smallest absolute Gasteiger partial charge is 0.193 e. The van der Waals surface area contributed by atoms with Gasteiger partial charge in [0.15, 0.2) is 23.0 Å². The highest BCUT2D eigenvalue weighted by Gasteiger charge is 2.79. The van der Waals surface area contributed by atoms with Gasteiger partial charge in [-0.25, -0.2) is 0 Å². The molecule has 1 heterocycles. The molecule has 2 N–H and O–H groups in total. The van der Waals surface area contributed by atoms with Crippen LogP contribution < -0.4 is 0 Å². The third-order valence-electron chi connectivity index (χ3n) is 9.19. The van der Waals surface area contributed by atoms with E-state index >= 15 is 0 Å². The van der Waals surface area contributed by atoms with E-state index in [-0.39, 0.29) is 23.4 Å². The lowest BCUT2D eigenvalue weighted by molar-refractivity contribution is -0.221. The largest absolute Gasteiger partial charge is 0.392 e. The molecule has 1 saturated heterocycles. The number of ketones is 2. The summed E-state index contributed by atoms with van der Waals surface area (Å²) in [6.07, 6.45) is 6.55. The standard InChI is InChI=1S/C24H31BrO6/c1-20(2)30-19-10-16-15-6-5-13-9-14(27)7-8-21(13,3)23(15,25)17(28)11-22(16,4)24(19,31-20)18(29)12-26/h7-9,15-17,19,26,28H,5-6,10-12H2,1-4H3/t15-,16-,17-,19+,21-,22-,23-,24+/m0/s1. The van der Waals surface area contributed by atoms with Crippen LogP contribution in [0.4, 0.5) is 0 Å². The number of carbonyl (C=O) groups excluding carboxylic acids is 2. The molecule has 6 nitrogen and oxygen atoms in total. The highest BCUT2D eigenvalue weighted by Crippen LogP contribution is 2.73. The molecule has 0 aromatic rings. The quantitative estimate of drug-likeness (QED) is 0.573. The molecular formula is C24H31BrO6. The van der Waals surface area contributed by atoms with Crippen molar-refractivity contribution in [2.45, 2.75) is 81.3 Å². The third-order valence-corrected chi connectivity index (χ3v) is 11.1. The van der Waals surface area contributed by atoms with Crippen LogP contribution in [0.25, 0.3) is 0 Å². The predicted molar refractivity (Wildman–Crippen MR) is 116 cm³/mol. The summed E-state index contributed by atoms with van der Waals surface area (Å²) in [6.45, 7) is 7.10. The third kappa shape index (κ3) is 2.42. The molecule has 0 aromatic heterocycles. The van der Waals surface area contributed by atoms with E-state index in [1.165, 1.54) is 0 Å². The van der Waals surface area contributed by atoms with Crippen molar-refractivity contribution < 1.29 is 29.3 Å². The van der Waals surface area contributed by atoms with Crippen LogP contribution >= 0.6 is 15.9 Å². The van der Waals surface area contributed by atoms with Crippen LogP contribution in [0.5, 0.6) is 0 Å². The molecule has 5 rings (SSSR count). The van der Waals surface area contributed by atoms with Gasteiger partial charge in [-0.05, 0) is 63.5 Å². The van der Waals surface area contributed by atoms with Gasteiger partial charge < -0.3 is 19.7 Å². The van der Waals surface area contributed by atoms with Crippen molar-refractivity contribution in [3.05, 3.63) is 23.8 Å². The summed E-state index contributed by atoms with van der Waals surface area (Å²) < 4.78 is 11.9. The fraction of sp³-hybridized carbons (Fsp3) is 0.750. The SMILES string of the molecule is CC1(C)O[C@@H]2C[C@H]3[C@@H]4CCC5=CC(=O)C=C[C@]5(C)[C@@]4(Br)[C@@H](O)C[C@]3(C)[C@]2(C(=O)CO)O1.